The van der Waals surface area contributed by atoms with Crippen molar-refractivity contribution >= 4 is 33.8 Å². The highest BCUT2D eigenvalue weighted by Crippen LogP contribution is 2.25. The number of nitrogens with one attached hydrogen (secondary N) is 1. The van der Waals surface area contributed by atoms with E-state index in [9.17, 15) is 4.39 Å². The monoisotopic (exact) mass is 345 g/mol. The maximum absolute atomic E-state index is 12.9. The number of rotatable bonds is 4. The number of nitrogens with zero attached hydrogens (tertiary/aromatic N) is 2. The minimum absolute atomic E-state index is 0.259. The highest BCUT2D eigenvalue weighted by atomic mass is 35.5. The molecule has 0 saturated carbocycles. The van der Waals surface area contributed by atoms with Gasteiger partial charge >= 0.3 is 0 Å². The fourth-order valence-corrected chi connectivity index (χ4v) is 2.75. The zero-order valence-corrected chi connectivity index (χ0v) is 13.8. The fraction of sp³-hybridized carbons (Fsp3) is 0.0588. The van der Waals surface area contributed by atoms with E-state index in [1.165, 1.54) is 23.5 Å². The van der Waals surface area contributed by atoms with E-state index in [0.717, 1.165) is 22.5 Å². The maximum Gasteiger partial charge on any atom is 0.203 e. The van der Waals surface area contributed by atoms with Crippen molar-refractivity contribution in [2.24, 2.45) is 5.10 Å². The number of hydrogen-bond donors (Lipinski definition) is 1. The molecular formula is C17H13ClFN3S. The quantitative estimate of drug-likeness (QED) is 0.505. The molecule has 1 N–H and O–H groups in total. The lowest BCUT2D eigenvalue weighted by atomic mass is 10.1. The standard InChI is InChI=1S/C17H13ClFN3S/c1-11(12-2-6-14(18)7-3-12)21-22-17-20-16(10-23-17)13-4-8-15(19)9-5-13/h2-10H,1H3,(H,20,22)/b21-11+. The van der Waals surface area contributed by atoms with E-state index < -0.39 is 0 Å². The van der Waals surface area contributed by atoms with Crippen LogP contribution >= 0.6 is 22.9 Å². The lowest BCUT2D eigenvalue weighted by Gasteiger charge is -2.01. The third-order valence-corrected chi connectivity index (χ3v) is 4.22. The van der Waals surface area contributed by atoms with Gasteiger partial charge in [-0.25, -0.2) is 9.37 Å². The molecule has 0 unspecified atom stereocenters. The second-order valence-corrected chi connectivity index (χ2v) is 6.16. The fourth-order valence-electron chi connectivity index (χ4n) is 1.97. The largest absolute Gasteiger partial charge is 0.252 e. The molecule has 0 aliphatic heterocycles. The molecule has 116 valence electrons. The van der Waals surface area contributed by atoms with Gasteiger partial charge in [0.1, 0.15) is 5.82 Å². The average molecular weight is 346 g/mol. The van der Waals surface area contributed by atoms with Crippen LogP contribution in [0.5, 0.6) is 0 Å². The number of benzene rings is 2. The summed E-state index contributed by atoms with van der Waals surface area (Å²) in [5, 5.41) is 7.60. The van der Waals surface area contributed by atoms with Crippen molar-refractivity contribution in [3.63, 3.8) is 0 Å². The van der Waals surface area contributed by atoms with Crippen LogP contribution in [-0.2, 0) is 0 Å². The van der Waals surface area contributed by atoms with Gasteiger partial charge in [-0.3, -0.25) is 5.43 Å². The number of hydrogen-bond acceptors (Lipinski definition) is 4. The van der Waals surface area contributed by atoms with Gasteiger partial charge in [-0.2, -0.15) is 5.10 Å². The summed E-state index contributed by atoms with van der Waals surface area (Å²) in [5.41, 5.74) is 6.42. The van der Waals surface area contributed by atoms with Gasteiger partial charge in [0.2, 0.25) is 5.13 Å². The minimum Gasteiger partial charge on any atom is -0.252 e. The normalized spacial score (nSPS) is 11.5. The van der Waals surface area contributed by atoms with Crippen molar-refractivity contribution in [3.05, 3.63) is 70.3 Å². The highest BCUT2D eigenvalue weighted by Gasteiger charge is 2.05. The molecule has 0 aliphatic carbocycles. The van der Waals surface area contributed by atoms with Crippen LogP contribution < -0.4 is 5.43 Å². The van der Waals surface area contributed by atoms with Crippen molar-refractivity contribution in [2.45, 2.75) is 6.92 Å². The van der Waals surface area contributed by atoms with Crippen LogP contribution in [0.2, 0.25) is 5.02 Å². The molecule has 23 heavy (non-hydrogen) atoms. The molecule has 0 saturated heterocycles. The smallest absolute Gasteiger partial charge is 0.203 e. The molecule has 1 aromatic heterocycles. The molecule has 1 heterocycles. The Morgan fingerprint density at radius 3 is 2.52 bits per heavy atom. The molecule has 0 atom stereocenters. The van der Waals surface area contributed by atoms with Gasteiger partial charge in [-0.1, -0.05) is 23.7 Å². The third-order valence-electron chi connectivity index (χ3n) is 3.23. The van der Waals surface area contributed by atoms with Crippen LogP contribution in [-0.4, -0.2) is 10.7 Å². The molecular weight excluding hydrogens is 333 g/mol. The predicted octanol–water partition coefficient (Wildman–Crippen LogP) is 5.44. The molecule has 0 bridgehead atoms. The highest BCUT2D eigenvalue weighted by molar-refractivity contribution is 7.14. The lowest BCUT2D eigenvalue weighted by Crippen LogP contribution is -1.99. The van der Waals surface area contributed by atoms with Gasteiger partial charge in [-0.05, 0) is 48.9 Å². The Bertz CT molecular complexity index is 826. The van der Waals surface area contributed by atoms with E-state index in [-0.39, 0.29) is 5.82 Å². The van der Waals surface area contributed by atoms with E-state index in [0.29, 0.717) is 10.2 Å². The first-order valence-corrected chi connectivity index (χ1v) is 8.15. The Labute approximate surface area is 142 Å². The maximum atomic E-state index is 12.9. The zero-order chi connectivity index (χ0) is 16.2. The van der Waals surface area contributed by atoms with Crippen molar-refractivity contribution in [3.8, 4) is 11.3 Å². The summed E-state index contributed by atoms with van der Waals surface area (Å²) in [6.07, 6.45) is 0. The topological polar surface area (TPSA) is 37.3 Å². The van der Waals surface area contributed by atoms with Crippen LogP contribution in [0.3, 0.4) is 0 Å². The molecule has 0 aliphatic rings. The van der Waals surface area contributed by atoms with E-state index in [1.807, 2.05) is 36.6 Å². The van der Waals surface area contributed by atoms with Crippen LogP contribution in [0.15, 0.2) is 59.0 Å². The summed E-state index contributed by atoms with van der Waals surface area (Å²) in [7, 11) is 0. The molecule has 0 fully saturated rings. The Morgan fingerprint density at radius 2 is 1.83 bits per heavy atom. The van der Waals surface area contributed by atoms with E-state index >= 15 is 0 Å². The van der Waals surface area contributed by atoms with Gasteiger partial charge in [-0.15, -0.1) is 11.3 Å². The summed E-state index contributed by atoms with van der Waals surface area (Å²) < 4.78 is 12.9. The average Bonchev–Trinajstić information content (AvgIpc) is 3.03. The molecule has 3 nitrogen and oxygen atoms in total. The number of thiazole rings is 1. The summed E-state index contributed by atoms with van der Waals surface area (Å²) in [5.74, 6) is -0.259. The second kappa shape index (κ2) is 6.89. The molecule has 0 spiro atoms. The Hall–Kier alpha value is -2.24. The van der Waals surface area contributed by atoms with Gasteiger partial charge in [0, 0.05) is 16.0 Å². The molecule has 3 rings (SSSR count). The second-order valence-electron chi connectivity index (χ2n) is 4.86. The summed E-state index contributed by atoms with van der Waals surface area (Å²) in [4.78, 5) is 4.45. The predicted molar refractivity (Wildman–Crippen MR) is 94.8 cm³/mol. The van der Waals surface area contributed by atoms with Crippen molar-refractivity contribution in [1.29, 1.82) is 0 Å². The van der Waals surface area contributed by atoms with E-state index in [2.05, 4.69) is 15.5 Å². The summed E-state index contributed by atoms with van der Waals surface area (Å²) >= 11 is 7.32. The SMILES string of the molecule is C/C(=N\Nc1nc(-c2ccc(F)cc2)cs1)c1ccc(Cl)cc1. The molecule has 2 aromatic carbocycles. The number of halogens is 2. The van der Waals surface area contributed by atoms with Gasteiger partial charge in [0.25, 0.3) is 0 Å². The van der Waals surface area contributed by atoms with Gasteiger partial charge in [0.15, 0.2) is 0 Å². The van der Waals surface area contributed by atoms with Crippen LogP contribution in [0, 0.1) is 5.82 Å². The number of anilines is 1. The Balaban J connectivity index is 1.72. The first kappa shape index (κ1) is 15.6. The van der Waals surface area contributed by atoms with E-state index in [1.54, 1.807) is 12.1 Å². The van der Waals surface area contributed by atoms with Crippen molar-refractivity contribution < 1.29 is 4.39 Å². The first-order chi connectivity index (χ1) is 11.1. The summed E-state index contributed by atoms with van der Waals surface area (Å²) in [6.45, 7) is 1.91. The van der Waals surface area contributed by atoms with Crippen molar-refractivity contribution in [1.82, 2.24) is 4.98 Å². The summed E-state index contributed by atoms with van der Waals surface area (Å²) in [6, 6.07) is 13.7. The molecule has 6 heteroatoms. The Kier molecular flexibility index (Phi) is 4.69. The zero-order valence-electron chi connectivity index (χ0n) is 12.3. The molecule has 3 aromatic rings. The lowest BCUT2D eigenvalue weighted by molar-refractivity contribution is 0.628. The Morgan fingerprint density at radius 1 is 1.13 bits per heavy atom. The van der Waals surface area contributed by atoms with Crippen LogP contribution in [0.1, 0.15) is 12.5 Å². The van der Waals surface area contributed by atoms with Crippen LogP contribution in [0.25, 0.3) is 11.3 Å². The van der Waals surface area contributed by atoms with Gasteiger partial charge < -0.3 is 0 Å². The van der Waals surface area contributed by atoms with Gasteiger partial charge in [0.05, 0.1) is 11.4 Å². The molecule has 0 amide bonds. The third kappa shape index (κ3) is 3.94. The van der Waals surface area contributed by atoms with E-state index in [4.69, 9.17) is 11.6 Å². The number of aromatic nitrogens is 1. The first-order valence-electron chi connectivity index (χ1n) is 6.89. The number of hydrazone groups is 1. The minimum atomic E-state index is -0.259. The van der Waals surface area contributed by atoms with Crippen LogP contribution in [0.4, 0.5) is 9.52 Å². The molecule has 0 radical (unpaired) electrons. The van der Waals surface area contributed by atoms with Crippen molar-refractivity contribution in [2.75, 3.05) is 5.43 Å².